The van der Waals surface area contributed by atoms with Crippen molar-refractivity contribution in [2.75, 3.05) is 17.2 Å². The molecule has 0 amide bonds. The van der Waals surface area contributed by atoms with Crippen LogP contribution in [0.1, 0.15) is 24.0 Å². The van der Waals surface area contributed by atoms with E-state index in [0.29, 0.717) is 5.41 Å². The quantitative estimate of drug-likeness (QED) is 0.799. The molecule has 0 atom stereocenters. The van der Waals surface area contributed by atoms with Crippen LogP contribution in [0, 0.1) is 0 Å². The molecule has 1 fully saturated rings. The van der Waals surface area contributed by atoms with Gasteiger partial charge < -0.3 is 10.6 Å². The summed E-state index contributed by atoms with van der Waals surface area (Å²) < 4.78 is 1.17. The first-order valence-electron chi connectivity index (χ1n) is 7.06. The zero-order valence-electron chi connectivity index (χ0n) is 11.3. The van der Waals surface area contributed by atoms with Gasteiger partial charge in [-0.05, 0) is 64.2 Å². The number of anilines is 2. The molecule has 2 aromatic rings. The van der Waals surface area contributed by atoms with Crippen molar-refractivity contribution in [2.24, 2.45) is 0 Å². The second-order valence-electron chi connectivity index (χ2n) is 6.00. The number of rotatable bonds is 1. The van der Waals surface area contributed by atoms with Crippen LogP contribution in [0.2, 0.25) is 0 Å². The third kappa shape index (κ3) is 1.84. The van der Waals surface area contributed by atoms with Crippen LogP contribution in [0.25, 0.3) is 0 Å². The monoisotopic (exact) mass is 328 g/mol. The molecule has 0 unspecified atom stereocenters. The van der Waals surface area contributed by atoms with Gasteiger partial charge in [-0.25, -0.2) is 0 Å². The molecule has 2 N–H and O–H groups in total. The van der Waals surface area contributed by atoms with Gasteiger partial charge in [-0.15, -0.1) is 0 Å². The minimum atomic E-state index is 0.372. The molecule has 0 bridgehead atoms. The van der Waals surface area contributed by atoms with Crippen LogP contribution >= 0.6 is 15.9 Å². The first kappa shape index (κ1) is 12.3. The van der Waals surface area contributed by atoms with Crippen molar-refractivity contribution in [1.29, 1.82) is 0 Å². The maximum absolute atomic E-state index is 5.98. The molecule has 0 radical (unpaired) electrons. The summed E-state index contributed by atoms with van der Waals surface area (Å²) in [6, 6.07) is 14.9. The summed E-state index contributed by atoms with van der Waals surface area (Å²) in [5.74, 6) is 0. The van der Waals surface area contributed by atoms with Gasteiger partial charge in [-0.2, -0.15) is 0 Å². The molecule has 102 valence electrons. The molecule has 1 aliphatic heterocycles. The van der Waals surface area contributed by atoms with Gasteiger partial charge in [0.2, 0.25) is 0 Å². The molecule has 2 aromatic carbocycles. The maximum atomic E-state index is 5.98. The number of nitrogen functional groups attached to an aromatic ring is 1. The molecule has 2 aliphatic rings. The summed E-state index contributed by atoms with van der Waals surface area (Å²) in [6.45, 7) is 2.07. The Morgan fingerprint density at radius 2 is 1.90 bits per heavy atom. The first-order valence-corrected chi connectivity index (χ1v) is 7.86. The van der Waals surface area contributed by atoms with Gasteiger partial charge in [0.1, 0.15) is 0 Å². The lowest BCUT2D eigenvalue weighted by Gasteiger charge is -2.37. The Morgan fingerprint density at radius 1 is 1.10 bits per heavy atom. The van der Waals surface area contributed by atoms with Crippen LogP contribution in [0.15, 0.2) is 46.9 Å². The van der Waals surface area contributed by atoms with E-state index >= 15 is 0 Å². The lowest BCUT2D eigenvalue weighted by molar-refractivity contribution is 0.592. The maximum Gasteiger partial charge on any atom is 0.0513 e. The molecule has 4 rings (SSSR count). The fourth-order valence-electron chi connectivity index (χ4n) is 3.43. The zero-order valence-corrected chi connectivity index (χ0v) is 12.9. The molecule has 1 aliphatic carbocycles. The Labute approximate surface area is 127 Å². The van der Waals surface area contributed by atoms with E-state index in [0.717, 1.165) is 18.8 Å². The van der Waals surface area contributed by atoms with Gasteiger partial charge in [-0.1, -0.05) is 18.2 Å². The number of benzene rings is 2. The Hall–Kier alpha value is -1.48. The number of hydrogen-bond acceptors (Lipinski definition) is 2. The second-order valence-corrected chi connectivity index (χ2v) is 6.86. The molecular formula is C17H17BrN2. The zero-order chi connectivity index (χ0) is 13.7. The largest absolute Gasteiger partial charge is 0.399 e. The first-order chi connectivity index (χ1) is 9.68. The second kappa shape index (κ2) is 4.26. The van der Waals surface area contributed by atoms with E-state index < -0.39 is 0 Å². The standard InChI is InChI=1S/C17H17BrN2/c18-15-3-1-2-4-16(15)20-10-12-9-13(19)5-6-14(12)17(11-20)7-8-17/h1-6,9H,7-8,10-11,19H2. The molecule has 1 saturated carbocycles. The van der Waals surface area contributed by atoms with E-state index in [1.807, 2.05) is 6.07 Å². The highest BCUT2D eigenvalue weighted by Crippen LogP contribution is 2.53. The Kier molecular flexibility index (Phi) is 2.61. The summed E-state index contributed by atoms with van der Waals surface area (Å²) in [4.78, 5) is 2.48. The van der Waals surface area contributed by atoms with E-state index in [1.165, 1.54) is 34.1 Å². The highest BCUT2D eigenvalue weighted by atomic mass is 79.9. The molecule has 1 spiro atoms. The van der Waals surface area contributed by atoms with E-state index in [9.17, 15) is 0 Å². The van der Waals surface area contributed by atoms with Gasteiger partial charge in [-0.3, -0.25) is 0 Å². The summed E-state index contributed by atoms with van der Waals surface area (Å²) in [5.41, 5.74) is 11.4. The predicted octanol–water partition coefficient (Wildman–Crippen LogP) is 4.08. The van der Waals surface area contributed by atoms with E-state index in [-0.39, 0.29) is 0 Å². The topological polar surface area (TPSA) is 29.3 Å². The minimum Gasteiger partial charge on any atom is -0.399 e. The fraction of sp³-hybridized carbons (Fsp3) is 0.294. The fourth-order valence-corrected chi connectivity index (χ4v) is 3.97. The summed E-state index contributed by atoms with van der Waals surface area (Å²) in [5, 5.41) is 0. The smallest absolute Gasteiger partial charge is 0.0513 e. The Bertz CT molecular complexity index is 676. The average molecular weight is 329 g/mol. The number of nitrogens with zero attached hydrogens (tertiary/aromatic N) is 1. The summed E-state index contributed by atoms with van der Waals surface area (Å²) in [6.07, 6.45) is 2.59. The van der Waals surface area contributed by atoms with Gasteiger partial charge in [0, 0.05) is 28.7 Å². The summed E-state index contributed by atoms with van der Waals surface area (Å²) >= 11 is 3.68. The van der Waals surface area contributed by atoms with E-state index in [1.54, 1.807) is 0 Å². The Balaban J connectivity index is 1.78. The molecule has 20 heavy (non-hydrogen) atoms. The van der Waals surface area contributed by atoms with Crippen molar-refractivity contribution < 1.29 is 0 Å². The van der Waals surface area contributed by atoms with Crippen molar-refractivity contribution in [2.45, 2.75) is 24.8 Å². The summed E-state index contributed by atoms with van der Waals surface area (Å²) in [7, 11) is 0. The molecule has 0 saturated heterocycles. The average Bonchev–Trinajstić information content (AvgIpc) is 3.19. The lowest BCUT2D eigenvalue weighted by atomic mass is 9.86. The molecular weight excluding hydrogens is 312 g/mol. The van der Waals surface area contributed by atoms with Crippen molar-refractivity contribution in [1.82, 2.24) is 0 Å². The minimum absolute atomic E-state index is 0.372. The highest BCUT2D eigenvalue weighted by molar-refractivity contribution is 9.10. The lowest BCUT2D eigenvalue weighted by Crippen LogP contribution is -2.38. The van der Waals surface area contributed by atoms with Gasteiger partial charge in [0.15, 0.2) is 0 Å². The third-order valence-corrected chi connectivity index (χ3v) is 5.27. The van der Waals surface area contributed by atoms with Crippen molar-refractivity contribution >= 4 is 27.3 Å². The Morgan fingerprint density at radius 3 is 2.65 bits per heavy atom. The molecule has 0 aromatic heterocycles. The van der Waals surface area contributed by atoms with Crippen LogP contribution in [0.5, 0.6) is 0 Å². The number of halogens is 1. The number of hydrogen-bond donors (Lipinski definition) is 1. The highest BCUT2D eigenvalue weighted by Gasteiger charge is 2.49. The molecule has 2 nitrogen and oxygen atoms in total. The van der Waals surface area contributed by atoms with Crippen LogP contribution in [0.3, 0.4) is 0 Å². The van der Waals surface area contributed by atoms with E-state index in [2.05, 4.69) is 57.2 Å². The predicted molar refractivity (Wildman–Crippen MR) is 87.0 cm³/mol. The van der Waals surface area contributed by atoms with E-state index in [4.69, 9.17) is 5.73 Å². The van der Waals surface area contributed by atoms with Crippen LogP contribution in [-0.2, 0) is 12.0 Å². The van der Waals surface area contributed by atoms with Gasteiger partial charge >= 0.3 is 0 Å². The molecule has 3 heteroatoms. The normalized spacial score (nSPS) is 18.9. The number of fused-ring (bicyclic) bond motifs is 2. The van der Waals surface area contributed by atoms with Crippen molar-refractivity contribution in [3.05, 3.63) is 58.1 Å². The van der Waals surface area contributed by atoms with Crippen LogP contribution in [-0.4, -0.2) is 6.54 Å². The van der Waals surface area contributed by atoms with Gasteiger partial charge in [0.05, 0.1) is 5.69 Å². The third-order valence-electron chi connectivity index (χ3n) is 4.60. The number of nitrogens with two attached hydrogens (primary N) is 1. The van der Waals surface area contributed by atoms with Crippen LogP contribution < -0.4 is 10.6 Å². The number of para-hydroxylation sites is 1. The van der Waals surface area contributed by atoms with Crippen molar-refractivity contribution in [3.8, 4) is 0 Å². The SMILES string of the molecule is Nc1ccc2c(c1)CN(c1ccccc1Br)CC21CC1. The molecule has 1 heterocycles. The van der Waals surface area contributed by atoms with Crippen LogP contribution in [0.4, 0.5) is 11.4 Å². The van der Waals surface area contributed by atoms with Crippen molar-refractivity contribution in [3.63, 3.8) is 0 Å². The van der Waals surface area contributed by atoms with Gasteiger partial charge in [0.25, 0.3) is 0 Å².